The van der Waals surface area contributed by atoms with Gasteiger partial charge in [0.2, 0.25) is 0 Å². The van der Waals surface area contributed by atoms with Crippen LogP contribution in [0.1, 0.15) is 45.6 Å². The Morgan fingerprint density at radius 2 is 2.20 bits per heavy atom. The lowest BCUT2D eigenvalue weighted by molar-refractivity contribution is 0.155. The molecule has 2 unspecified atom stereocenters. The molecule has 0 radical (unpaired) electrons. The molecule has 2 aliphatic rings. The van der Waals surface area contributed by atoms with E-state index in [1.807, 2.05) is 10.9 Å². The molecule has 0 bridgehead atoms. The van der Waals surface area contributed by atoms with E-state index in [-0.39, 0.29) is 0 Å². The molecule has 0 amide bonds. The molecule has 1 aromatic rings. The first-order valence-corrected chi connectivity index (χ1v) is 8.11. The summed E-state index contributed by atoms with van der Waals surface area (Å²) in [6.07, 6.45) is 8.27. The normalized spacial score (nSPS) is 32.2. The molecule has 2 heterocycles. The summed E-state index contributed by atoms with van der Waals surface area (Å²) in [5, 5.41) is 8.23. The topological polar surface area (TPSA) is 33.1 Å². The zero-order valence-corrected chi connectivity index (χ0v) is 13.1. The van der Waals surface area contributed by atoms with Gasteiger partial charge in [-0.1, -0.05) is 0 Å². The van der Waals surface area contributed by atoms with E-state index in [9.17, 15) is 0 Å². The van der Waals surface area contributed by atoms with Gasteiger partial charge in [0.05, 0.1) is 6.20 Å². The van der Waals surface area contributed by atoms with Crippen LogP contribution in [0.5, 0.6) is 0 Å². The average Bonchev–Trinajstić information content (AvgIpc) is 3.20. The Morgan fingerprint density at radius 1 is 1.40 bits per heavy atom. The monoisotopic (exact) mass is 276 g/mol. The van der Waals surface area contributed by atoms with Crippen LogP contribution in [0, 0.1) is 5.92 Å². The molecule has 2 atom stereocenters. The van der Waals surface area contributed by atoms with Crippen molar-refractivity contribution in [1.82, 2.24) is 20.0 Å². The van der Waals surface area contributed by atoms with Gasteiger partial charge >= 0.3 is 0 Å². The van der Waals surface area contributed by atoms with Crippen molar-refractivity contribution in [2.24, 2.45) is 5.92 Å². The number of hydrogen-bond acceptors (Lipinski definition) is 3. The second-order valence-corrected chi connectivity index (χ2v) is 6.87. The lowest BCUT2D eigenvalue weighted by atomic mass is 9.95. The van der Waals surface area contributed by atoms with Crippen LogP contribution in [-0.2, 0) is 13.1 Å². The fraction of sp³-hybridized carbons (Fsp3) is 0.812. The van der Waals surface area contributed by atoms with Crippen molar-refractivity contribution < 1.29 is 0 Å². The first-order chi connectivity index (χ1) is 9.60. The summed E-state index contributed by atoms with van der Waals surface area (Å²) in [5.74, 6) is 0.883. The maximum atomic E-state index is 4.41. The van der Waals surface area contributed by atoms with Crippen molar-refractivity contribution >= 4 is 0 Å². The number of nitrogens with one attached hydrogen (secondary N) is 1. The van der Waals surface area contributed by atoms with E-state index in [1.165, 1.54) is 24.8 Å². The van der Waals surface area contributed by atoms with Gasteiger partial charge in [-0.05, 0) is 52.5 Å². The van der Waals surface area contributed by atoms with Gasteiger partial charge < -0.3 is 5.32 Å². The smallest absolute Gasteiger partial charge is 0.0534 e. The summed E-state index contributed by atoms with van der Waals surface area (Å²) in [6.45, 7) is 11.2. The summed E-state index contributed by atoms with van der Waals surface area (Å²) >= 11 is 0. The Kier molecular flexibility index (Phi) is 3.87. The van der Waals surface area contributed by atoms with Crippen molar-refractivity contribution in [3.63, 3.8) is 0 Å². The van der Waals surface area contributed by atoms with Gasteiger partial charge in [-0.3, -0.25) is 9.58 Å². The van der Waals surface area contributed by atoms with E-state index in [2.05, 4.69) is 42.3 Å². The Labute approximate surface area is 122 Å². The quantitative estimate of drug-likeness (QED) is 0.915. The van der Waals surface area contributed by atoms with Crippen LogP contribution < -0.4 is 5.32 Å². The minimum absolute atomic E-state index is 0.311. The van der Waals surface area contributed by atoms with E-state index in [4.69, 9.17) is 0 Å². The molecular weight excluding hydrogens is 248 g/mol. The summed E-state index contributed by atoms with van der Waals surface area (Å²) in [7, 11) is 0. The molecule has 3 rings (SSSR count). The maximum absolute atomic E-state index is 4.41. The molecule has 1 N–H and O–H groups in total. The third-order valence-corrected chi connectivity index (χ3v) is 5.12. The predicted molar refractivity (Wildman–Crippen MR) is 81.5 cm³/mol. The molecule has 4 heteroatoms. The van der Waals surface area contributed by atoms with Crippen LogP contribution in [0.3, 0.4) is 0 Å². The second-order valence-electron chi connectivity index (χ2n) is 6.87. The molecule has 0 aromatic carbocycles. The highest BCUT2D eigenvalue weighted by atomic mass is 15.3. The predicted octanol–water partition coefficient (Wildman–Crippen LogP) is 2.26. The minimum atomic E-state index is 0.311. The lowest BCUT2D eigenvalue weighted by Gasteiger charge is -2.35. The van der Waals surface area contributed by atoms with Crippen molar-refractivity contribution in [2.75, 3.05) is 13.1 Å². The van der Waals surface area contributed by atoms with E-state index < -0.39 is 0 Å². The largest absolute Gasteiger partial charge is 0.310 e. The first kappa shape index (κ1) is 14.1. The molecular formula is C16H28N4. The lowest BCUT2D eigenvalue weighted by Crippen LogP contribution is -2.51. The molecule has 112 valence electrons. The highest BCUT2D eigenvalue weighted by molar-refractivity contribution is 5.07. The van der Waals surface area contributed by atoms with Crippen LogP contribution in [0.4, 0.5) is 0 Å². The number of nitrogens with zero attached hydrogens (tertiary/aromatic N) is 3. The first-order valence-electron chi connectivity index (χ1n) is 8.11. The van der Waals surface area contributed by atoms with Gasteiger partial charge in [-0.25, -0.2) is 0 Å². The van der Waals surface area contributed by atoms with Crippen LogP contribution in [0.25, 0.3) is 0 Å². The molecule has 0 spiro atoms. The molecule has 4 nitrogen and oxygen atoms in total. The van der Waals surface area contributed by atoms with Gasteiger partial charge in [0.15, 0.2) is 0 Å². The molecule has 1 aromatic heterocycles. The second kappa shape index (κ2) is 5.49. The molecule has 1 aliphatic heterocycles. The maximum Gasteiger partial charge on any atom is 0.0534 e. The van der Waals surface area contributed by atoms with Crippen molar-refractivity contribution in [3.8, 4) is 0 Å². The Hall–Kier alpha value is -0.870. The zero-order chi connectivity index (χ0) is 14.2. The van der Waals surface area contributed by atoms with Gasteiger partial charge in [0.1, 0.15) is 0 Å². The zero-order valence-electron chi connectivity index (χ0n) is 13.1. The molecule has 1 saturated heterocycles. The van der Waals surface area contributed by atoms with Crippen LogP contribution in [0.15, 0.2) is 12.4 Å². The summed E-state index contributed by atoms with van der Waals surface area (Å²) in [5.41, 5.74) is 1.66. The van der Waals surface area contributed by atoms with Gasteiger partial charge in [-0.2, -0.15) is 5.10 Å². The van der Waals surface area contributed by atoms with Gasteiger partial charge in [0, 0.05) is 43.0 Å². The van der Waals surface area contributed by atoms with Gasteiger partial charge in [-0.15, -0.1) is 0 Å². The SMILES string of the molecule is CCn1cc(CN2CC(C)(C3CC3)NCCC2C)cn1. The molecule has 20 heavy (non-hydrogen) atoms. The third kappa shape index (κ3) is 2.91. The third-order valence-electron chi connectivity index (χ3n) is 5.12. The summed E-state index contributed by atoms with van der Waals surface area (Å²) in [4.78, 5) is 2.65. The molecule has 1 saturated carbocycles. The highest BCUT2D eigenvalue weighted by Gasteiger charge is 2.43. The van der Waals surface area contributed by atoms with Crippen molar-refractivity contribution in [3.05, 3.63) is 18.0 Å². The van der Waals surface area contributed by atoms with Crippen molar-refractivity contribution in [2.45, 2.75) is 64.7 Å². The Morgan fingerprint density at radius 3 is 2.85 bits per heavy atom. The summed E-state index contributed by atoms with van der Waals surface area (Å²) in [6, 6.07) is 0.646. The molecule has 2 fully saturated rings. The fourth-order valence-electron chi connectivity index (χ4n) is 3.48. The van der Waals surface area contributed by atoms with E-state index in [0.717, 1.165) is 32.1 Å². The number of hydrogen-bond donors (Lipinski definition) is 1. The number of aryl methyl sites for hydroxylation is 1. The van der Waals surface area contributed by atoms with Crippen molar-refractivity contribution in [1.29, 1.82) is 0 Å². The van der Waals surface area contributed by atoms with E-state index in [1.54, 1.807) is 0 Å². The van der Waals surface area contributed by atoms with Crippen LogP contribution in [-0.4, -0.2) is 39.4 Å². The Bertz CT molecular complexity index is 451. The van der Waals surface area contributed by atoms with Gasteiger partial charge in [0.25, 0.3) is 0 Å². The summed E-state index contributed by atoms with van der Waals surface area (Å²) < 4.78 is 2.02. The van der Waals surface area contributed by atoms with E-state index >= 15 is 0 Å². The molecule has 1 aliphatic carbocycles. The van der Waals surface area contributed by atoms with E-state index in [0.29, 0.717) is 11.6 Å². The number of rotatable bonds is 4. The fourth-order valence-corrected chi connectivity index (χ4v) is 3.48. The van der Waals surface area contributed by atoms with Crippen LogP contribution in [0.2, 0.25) is 0 Å². The highest BCUT2D eigenvalue weighted by Crippen LogP contribution is 2.41. The number of aromatic nitrogens is 2. The standard InChI is InChI=1S/C16H28N4/c1-4-20-11-14(9-18-20)10-19-12-16(3,15-5-6-15)17-8-7-13(19)2/h9,11,13,15,17H,4-8,10,12H2,1-3H3. The Balaban J connectivity index is 1.71. The minimum Gasteiger partial charge on any atom is -0.310 e. The average molecular weight is 276 g/mol. The van der Waals surface area contributed by atoms with Crippen LogP contribution >= 0.6 is 0 Å².